The van der Waals surface area contributed by atoms with Crippen LogP contribution in [0.15, 0.2) is 0 Å². The van der Waals surface area contributed by atoms with Crippen molar-refractivity contribution in [2.75, 3.05) is 19.6 Å². The van der Waals surface area contributed by atoms with Crippen molar-refractivity contribution in [2.45, 2.75) is 20.8 Å². The zero-order chi connectivity index (χ0) is 9.35. The molecule has 0 radical (unpaired) electrons. The SMILES string of the molecule is CC(C)CN1CC(C)(C(=O)O)C1. The summed E-state index contributed by atoms with van der Waals surface area (Å²) >= 11 is 0. The fraction of sp³-hybridized carbons (Fsp3) is 0.889. The van der Waals surface area contributed by atoms with E-state index in [4.69, 9.17) is 5.11 Å². The first-order valence-electron chi connectivity index (χ1n) is 4.40. The van der Waals surface area contributed by atoms with Gasteiger partial charge in [-0.2, -0.15) is 0 Å². The third-order valence-electron chi connectivity index (χ3n) is 2.28. The van der Waals surface area contributed by atoms with Gasteiger partial charge in [0.25, 0.3) is 0 Å². The number of hydrogen-bond acceptors (Lipinski definition) is 2. The Balaban J connectivity index is 2.32. The van der Waals surface area contributed by atoms with Gasteiger partial charge in [-0.1, -0.05) is 13.8 Å². The molecule has 3 heteroatoms. The van der Waals surface area contributed by atoms with Gasteiger partial charge >= 0.3 is 5.97 Å². The van der Waals surface area contributed by atoms with E-state index in [1.165, 1.54) is 0 Å². The van der Waals surface area contributed by atoms with Crippen molar-refractivity contribution in [3.8, 4) is 0 Å². The number of hydrogen-bond donors (Lipinski definition) is 1. The fourth-order valence-electron chi connectivity index (χ4n) is 1.72. The molecule has 0 aromatic heterocycles. The summed E-state index contributed by atoms with van der Waals surface area (Å²) < 4.78 is 0. The summed E-state index contributed by atoms with van der Waals surface area (Å²) in [5.41, 5.74) is -0.477. The molecule has 0 aromatic rings. The minimum Gasteiger partial charge on any atom is -0.481 e. The molecular weight excluding hydrogens is 154 g/mol. The fourth-order valence-corrected chi connectivity index (χ4v) is 1.72. The Morgan fingerprint density at radius 2 is 2.08 bits per heavy atom. The molecule has 1 heterocycles. The first-order chi connectivity index (χ1) is 5.44. The minimum atomic E-state index is -0.664. The number of likely N-dealkylation sites (tertiary alicyclic amines) is 1. The Labute approximate surface area is 73.4 Å². The second-order valence-electron chi connectivity index (χ2n) is 4.43. The van der Waals surface area contributed by atoms with Crippen molar-refractivity contribution in [1.29, 1.82) is 0 Å². The van der Waals surface area contributed by atoms with Crippen LogP contribution in [0.2, 0.25) is 0 Å². The maximum Gasteiger partial charge on any atom is 0.311 e. The standard InChI is InChI=1S/C9H17NO2/c1-7(2)4-10-5-9(3,6-10)8(11)12/h7H,4-6H2,1-3H3,(H,11,12). The molecule has 1 rings (SSSR count). The molecule has 1 N–H and O–H groups in total. The molecule has 0 unspecified atom stereocenters. The average Bonchev–Trinajstić information content (AvgIpc) is 1.82. The molecule has 0 aliphatic carbocycles. The van der Waals surface area contributed by atoms with E-state index < -0.39 is 11.4 Å². The molecular formula is C9H17NO2. The third kappa shape index (κ3) is 1.78. The van der Waals surface area contributed by atoms with Gasteiger partial charge in [0.1, 0.15) is 0 Å². The topological polar surface area (TPSA) is 40.5 Å². The first kappa shape index (κ1) is 9.52. The lowest BCUT2D eigenvalue weighted by Gasteiger charge is -2.45. The van der Waals surface area contributed by atoms with Crippen LogP contribution in [0, 0.1) is 11.3 Å². The Hall–Kier alpha value is -0.570. The van der Waals surface area contributed by atoms with Gasteiger partial charge in [0.15, 0.2) is 0 Å². The quantitative estimate of drug-likeness (QED) is 0.690. The predicted octanol–water partition coefficient (Wildman–Crippen LogP) is 1.05. The lowest BCUT2D eigenvalue weighted by atomic mass is 9.82. The highest BCUT2D eigenvalue weighted by atomic mass is 16.4. The van der Waals surface area contributed by atoms with E-state index in [-0.39, 0.29) is 0 Å². The van der Waals surface area contributed by atoms with E-state index in [0.29, 0.717) is 19.0 Å². The van der Waals surface area contributed by atoms with Gasteiger partial charge in [0, 0.05) is 19.6 Å². The molecule has 0 amide bonds. The number of aliphatic carboxylic acids is 1. The second kappa shape index (κ2) is 3.05. The van der Waals surface area contributed by atoms with Crippen molar-refractivity contribution >= 4 is 5.97 Å². The maximum atomic E-state index is 10.7. The summed E-state index contributed by atoms with van der Waals surface area (Å²) in [6.07, 6.45) is 0. The van der Waals surface area contributed by atoms with Crippen LogP contribution >= 0.6 is 0 Å². The third-order valence-corrected chi connectivity index (χ3v) is 2.28. The Bertz CT molecular complexity index is 183. The van der Waals surface area contributed by atoms with Crippen LogP contribution in [0.5, 0.6) is 0 Å². The number of carbonyl (C=O) groups is 1. The van der Waals surface area contributed by atoms with Crippen molar-refractivity contribution in [2.24, 2.45) is 11.3 Å². The summed E-state index contributed by atoms with van der Waals surface area (Å²) in [7, 11) is 0. The molecule has 0 spiro atoms. The van der Waals surface area contributed by atoms with E-state index in [9.17, 15) is 4.79 Å². The van der Waals surface area contributed by atoms with Crippen molar-refractivity contribution < 1.29 is 9.90 Å². The summed E-state index contributed by atoms with van der Waals surface area (Å²) in [6.45, 7) is 8.54. The molecule has 1 saturated heterocycles. The van der Waals surface area contributed by atoms with Gasteiger partial charge in [0.05, 0.1) is 5.41 Å². The first-order valence-corrected chi connectivity index (χ1v) is 4.40. The van der Waals surface area contributed by atoms with Gasteiger partial charge in [0.2, 0.25) is 0 Å². The summed E-state index contributed by atoms with van der Waals surface area (Å²) in [5.74, 6) is -0.0362. The molecule has 0 atom stereocenters. The van der Waals surface area contributed by atoms with Crippen molar-refractivity contribution in [3.63, 3.8) is 0 Å². The van der Waals surface area contributed by atoms with E-state index in [1.807, 2.05) is 6.92 Å². The average molecular weight is 171 g/mol. The molecule has 3 nitrogen and oxygen atoms in total. The van der Waals surface area contributed by atoms with Crippen LogP contribution in [0.3, 0.4) is 0 Å². The van der Waals surface area contributed by atoms with Crippen molar-refractivity contribution in [1.82, 2.24) is 4.90 Å². The van der Waals surface area contributed by atoms with E-state index in [0.717, 1.165) is 6.54 Å². The minimum absolute atomic E-state index is 0.477. The largest absolute Gasteiger partial charge is 0.481 e. The van der Waals surface area contributed by atoms with Crippen LogP contribution in [0.25, 0.3) is 0 Å². The zero-order valence-corrected chi connectivity index (χ0v) is 8.00. The van der Waals surface area contributed by atoms with Crippen molar-refractivity contribution in [3.05, 3.63) is 0 Å². The van der Waals surface area contributed by atoms with Crippen LogP contribution in [-0.4, -0.2) is 35.6 Å². The van der Waals surface area contributed by atoms with E-state index >= 15 is 0 Å². The van der Waals surface area contributed by atoms with Gasteiger partial charge < -0.3 is 10.0 Å². The lowest BCUT2D eigenvalue weighted by Crippen LogP contribution is -2.59. The van der Waals surface area contributed by atoms with Gasteiger partial charge in [-0.25, -0.2) is 0 Å². The van der Waals surface area contributed by atoms with Gasteiger partial charge in [-0.05, 0) is 12.8 Å². The van der Waals surface area contributed by atoms with E-state index in [1.54, 1.807) is 0 Å². The van der Waals surface area contributed by atoms with Crippen LogP contribution in [0.4, 0.5) is 0 Å². The monoisotopic (exact) mass is 171 g/mol. The lowest BCUT2D eigenvalue weighted by molar-refractivity contribution is -0.158. The van der Waals surface area contributed by atoms with Crippen LogP contribution in [-0.2, 0) is 4.79 Å². The number of nitrogens with zero attached hydrogens (tertiary/aromatic N) is 1. The Morgan fingerprint density at radius 1 is 1.58 bits per heavy atom. The zero-order valence-electron chi connectivity index (χ0n) is 8.00. The molecule has 1 aliphatic rings. The highest BCUT2D eigenvalue weighted by Gasteiger charge is 2.44. The molecule has 12 heavy (non-hydrogen) atoms. The molecule has 70 valence electrons. The van der Waals surface area contributed by atoms with Crippen LogP contribution in [0.1, 0.15) is 20.8 Å². The van der Waals surface area contributed by atoms with Crippen LogP contribution < -0.4 is 0 Å². The number of carboxylic acid groups (broad SMARTS) is 1. The Kier molecular flexibility index (Phi) is 2.42. The molecule has 0 aromatic carbocycles. The molecule has 1 aliphatic heterocycles. The molecule has 1 fully saturated rings. The highest BCUT2D eigenvalue weighted by Crippen LogP contribution is 2.30. The highest BCUT2D eigenvalue weighted by molar-refractivity contribution is 5.76. The van der Waals surface area contributed by atoms with E-state index in [2.05, 4.69) is 18.7 Å². The summed E-state index contributed by atoms with van der Waals surface area (Å²) in [4.78, 5) is 12.9. The Morgan fingerprint density at radius 3 is 2.42 bits per heavy atom. The van der Waals surface area contributed by atoms with Gasteiger partial charge in [-0.15, -0.1) is 0 Å². The second-order valence-corrected chi connectivity index (χ2v) is 4.43. The van der Waals surface area contributed by atoms with Gasteiger partial charge in [-0.3, -0.25) is 4.79 Å². The predicted molar refractivity (Wildman–Crippen MR) is 47.0 cm³/mol. The number of rotatable bonds is 3. The normalized spacial score (nSPS) is 22.3. The maximum absolute atomic E-state index is 10.7. The molecule has 0 bridgehead atoms. The summed E-state index contributed by atoms with van der Waals surface area (Å²) in [6, 6.07) is 0. The number of carboxylic acids is 1. The smallest absolute Gasteiger partial charge is 0.311 e. The molecule has 0 saturated carbocycles. The summed E-state index contributed by atoms with van der Waals surface area (Å²) in [5, 5.41) is 8.82.